The second-order valence-electron chi connectivity index (χ2n) is 9.63. The number of carbonyl (C=O) groups is 1. The van der Waals surface area contributed by atoms with Crippen molar-refractivity contribution in [3.05, 3.63) is 107 Å². The highest BCUT2D eigenvalue weighted by Gasteiger charge is 2.24. The summed E-state index contributed by atoms with van der Waals surface area (Å²) in [7, 11) is 0. The molecule has 4 aromatic rings. The monoisotopic (exact) mass is 496 g/mol. The summed E-state index contributed by atoms with van der Waals surface area (Å²) in [5.74, 6) is 2.95. The second kappa shape index (κ2) is 11.2. The molecule has 0 spiro atoms. The quantitative estimate of drug-likeness (QED) is 0.251. The molecule has 0 aliphatic carbocycles. The van der Waals surface area contributed by atoms with Gasteiger partial charge in [-0.25, -0.2) is 4.98 Å². The lowest BCUT2D eigenvalue weighted by Gasteiger charge is -2.32. The zero-order chi connectivity index (χ0) is 24.9. The van der Waals surface area contributed by atoms with E-state index in [-0.39, 0.29) is 5.91 Å². The number of likely N-dealkylation sites (tertiary alicyclic amines) is 1. The fourth-order valence-corrected chi connectivity index (χ4v) is 5.60. The highest BCUT2D eigenvalue weighted by atomic mass is 32.2. The minimum Gasteiger partial charge on any atom is -0.441 e. The molecule has 5 rings (SSSR count). The molecule has 2 heterocycles. The molecule has 5 heteroatoms. The molecule has 0 bridgehead atoms. The molecule has 4 nitrogen and oxygen atoms in total. The van der Waals surface area contributed by atoms with Crippen molar-refractivity contribution in [3.8, 4) is 11.5 Å². The van der Waals surface area contributed by atoms with E-state index in [0.29, 0.717) is 11.8 Å². The maximum absolute atomic E-state index is 13.1. The molecule has 0 N–H and O–H groups in total. The van der Waals surface area contributed by atoms with Crippen LogP contribution in [0.2, 0.25) is 0 Å². The van der Waals surface area contributed by atoms with Gasteiger partial charge in [0.2, 0.25) is 5.89 Å². The number of carbonyl (C=O) groups excluding carboxylic acids is 1. The van der Waals surface area contributed by atoms with E-state index in [4.69, 9.17) is 9.40 Å². The van der Waals surface area contributed by atoms with Crippen LogP contribution in [0, 0.1) is 19.8 Å². The van der Waals surface area contributed by atoms with E-state index in [1.165, 1.54) is 16.0 Å². The van der Waals surface area contributed by atoms with Crippen LogP contribution in [0.1, 0.15) is 45.8 Å². The number of aryl methyl sites for hydroxylation is 2. The third kappa shape index (κ3) is 5.90. The minimum atomic E-state index is 0.110. The molecule has 36 heavy (non-hydrogen) atoms. The second-order valence-corrected chi connectivity index (χ2v) is 10.7. The van der Waals surface area contributed by atoms with Crippen LogP contribution in [-0.4, -0.2) is 28.9 Å². The summed E-state index contributed by atoms with van der Waals surface area (Å²) in [6.07, 6.45) is 3.20. The Morgan fingerprint density at radius 1 is 0.944 bits per heavy atom. The summed E-state index contributed by atoms with van der Waals surface area (Å²) < 4.78 is 5.97. The molecule has 1 saturated heterocycles. The van der Waals surface area contributed by atoms with Crippen molar-refractivity contribution in [2.75, 3.05) is 13.1 Å². The first kappa shape index (κ1) is 24.4. The Bertz CT molecular complexity index is 1290. The number of oxazole rings is 1. The Kier molecular flexibility index (Phi) is 7.57. The van der Waals surface area contributed by atoms with Crippen molar-refractivity contribution in [1.29, 1.82) is 0 Å². The third-order valence-corrected chi connectivity index (χ3v) is 7.96. The number of thioether (sulfide) groups is 1. The number of hydrogen-bond donors (Lipinski definition) is 0. The molecule has 1 aliphatic rings. The van der Waals surface area contributed by atoms with E-state index in [1.807, 2.05) is 36.1 Å². The first-order valence-corrected chi connectivity index (χ1v) is 13.6. The van der Waals surface area contributed by atoms with Crippen LogP contribution in [0.25, 0.3) is 11.5 Å². The molecule has 1 aromatic heterocycles. The summed E-state index contributed by atoms with van der Waals surface area (Å²) in [5, 5.41) is 0. The van der Waals surface area contributed by atoms with Crippen molar-refractivity contribution in [1.82, 2.24) is 9.88 Å². The van der Waals surface area contributed by atoms with Crippen molar-refractivity contribution >= 4 is 17.7 Å². The van der Waals surface area contributed by atoms with E-state index in [0.717, 1.165) is 60.7 Å². The van der Waals surface area contributed by atoms with Crippen LogP contribution in [0.3, 0.4) is 0 Å². The molecule has 0 atom stereocenters. The Labute approximate surface area is 217 Å². The molecule has 3 aromatic carbocycles. The highest BCUT2D eigenvalue weighted by Crippen LogP contribution is 2.28. The van der Waals surface area contributed by atoms with E-state index in [2.05, 4.69) is 61.5 Å². The summed E-state index contributed by atoms with van der Waals surface area (Å²) in [5.41, 5.74) is 5.21. The first-order chi connectivity index (χ1) is 17.5. The fourth-order valence-electron chi connectivity index (χ4n) is 4.70. The molecule has 0 saturated carbocycles. The Morgan fingerprint density at radius 3 is 2.33 bits per heavy atom. The number of rotatable bonds is 7. The van der Waals surface area contributed by atoms with E-state index in [1.54, 1.807) is 11.8 Å². The summed E-state index contributed by atoms with van der Waals surface area (Å²) in [6.45, 7) is 5.69. The maximum atomic E-state index is 13.1. The van der Waals surface area contributed by atoms with Crippen molar-refractivity contribution in [2.24, 2.45) is 5.92 Å². The zero-order valence-corrected chi connectivity index (χ0v) is 21.8. The van der Waals surface area contributed by atoms with Gasteiger partial charge in [0, 0.05) is 34.9 Å². The number of amides is 1. The van der Waals surface area contributed by atoms with Crippen LogP contribution < -0.4 is 0 Å². The van der Waals surface area contributed by atoms with E-state index >= 15 is 0 Å². The maximum Gasteiger partial charge on any atom is 0.253 e. The lowest BCUT2D eigenvalue weighted by molar-refractivity contribution is 0.0690. The average Bonchev–Trinajstić information content (AvgIpc) is 3.29. The number of nitrogens with zero attached hydrogens (tertiary/aromatic N) is 2. The molecular weight excluding hydrogens is 464 g/mol. The lowest BCUT2D eigenvalue weighted by atomic mass is 9.90. The van der Waals surface area contributed by atoms with Crippen LogP contribution in [0.4, 0.5) is 0 Å². The van der Waals surface area contributed by atoms with Gasteiger partial charge in [-0.3, -0.25) is 4.79 Å². The van der Waals surface area contributed by atoms with Crippen LogP contribution in [0.5, 0.6) is 0 Å². The topological polar surface area (TPSA) is 46.3 Å². The van der Waals surface area contributed by atoms with Crippen molar-refractivity contribution in [2.45, 2.75) is 43.8 Å². The van der Waals surface area contributed by atoms with Crippen LogP contribution in [-0.2, 0) is 12.2 Å². The molecule has 1 amide bonds. The predicted octanol–water partition coefficient (Wildman–Crippen LogP) is 7.35. The van der Waals surface area contributed by atoms with Crippen LogP contribution in [0.15, 0.2) is 88.2 Å². The number of hydrogen-bond acceptors (Lipinski definition) is 4. The Morgan fingerprint density at radius 2 is 1.64 bits per heavy atom. The largest absolute Gasteiger partial charge is 0.441 e. The molecule has 0 radical (unpaired) electrons. The minimum absolute atomic E-state index is 0.110. The van der Waals surface area contributed by atoms with Gasteiger partial charge in [0.15, 0.2) is 0 Å². The molecule has 1 fully saturated rings. The fraction of sp³-hybridized carbons (Fsp3) is 0.290. The highest BCUT2D eigenvalue weighted by molar-refractivity contribution is 7.98. The van der Waals surface area contributed by atoms with Gasteiger partial charge in [-0.2, -0.15) is 0 Å². The van der Waals surface area contributed by atoms with Gasteiger partial charge in [0.05, 0.1) is 5.69 Å². The van der Waals surface area contributed by atoms with Crippen LogP contribution >= 0.6 is 11.8 Å². The van der Waals surface area contributed by atoms with Gasteiger partial charge < -0.3 is 9.32 Å². The predicted molar refractivity (Wildman–Crippen MR) is 146 cm³/mol. The normalized spacial score (nSPS) is 14.2. The SMILES string of the molecule is Cc1ccc(SCc2nc(-c3ccc(C(=O)N4CCC(Cc5ccccc5)CC4)cc3)oc2C)cc1. The number of piperidine rings is 1. The Balaban J connectivity index is 1.17. The Hall–Kier alpha value is -3.31. The van der Waals surface area contributed by atoms with Crippen molar-refractivity contribution in [3.63, 3.8) is 0 Å². The summed E-state index contributed by atoms with van der Waals surface area (Å²) in [6, 6.07) is 26.8. The lowest BCUT2D eigenvalue weighted by Crippen LogP contribution is -2.38. The van der Waals surface area contributed by atoms with Gasteiger partial charge in [-0.05, 0) is 81.0 Å². The van der Waals surface area contributed by atoms with Gasteiger partial charge in [-0.1, -0.05) is 48.0 Å². The first-order valence-electron chi connectivity index (χ1n) is 12.6. The standard InChI is InChI=1S/C31H32N2O2S/c1-22-8-14-28(15-9-22)36-21-29-23(2)35-30(32-29)26-10-12-27(13-11-26)31(34)33-18-16-25(17-19-33)20-24-6-4-3-5-7-24/h3-15,25H,16-21H2,1-2H3. The average molecular weight is 497 g/mol. The van der Waals surface area contributed by atoms with Gasteiger partial charge in [0.1, 0.15) is 5.76 Å². The third-order valence-electron chi connectivity index (χ3n) is 6.94. The number of benzene rings is 3. The zero-order valence-electron chi connectivity index (χ0n) is 20.9. The summed E-state index contributed by atoms with van der Waals surface area (Å²) >= 11 is 1.75. The van der Waals surface area contributed by atoms with E-state index in [9.17, 15) is 4.79 Å². The summed E-state index contributed by atoms with van der Waals surface area (Å²) in [4.78, 5) is 21.0. The molecular formula is C31H32N2O2S. The molecule has 0 unspecified atom stereocenters. The van der Waals surface area contributed by atoms with Gasteiger partial charge in [0.25, 0.3) is 5.91 Å². The smallest absolute Gasteiger partial charge is 0.253 e. The molecule has 184 valence electrons. The van der Waals surface area contributed by atoms with Gasteiger partial charge >= 0.3 is 0 Å². The van der Waals surface area contributed by atoms with Crippen molar-refractivity contribution < 1.29 is 9.21 Å². The number of aromatic nitrogens is 1. The van der Waals surface area contributed by atoms with E-state index < -0.39 is 0 Å². The van der Waals surface area contributed by atoms with Gasteiger partial charge in [-0.15, -0.1) is 11.8 Å². The molecule has 1 aliphatic heterocycles.